The molecule has 0 aromatic heterocycles. The lowest BCUT2D eigenvalue weighted by Crippen LogP contribution is -1.96. The topological polar surface area (TPSA) is 0 Å². The average Bonchev–Trinajstić information content (AvgIpc) is 3.00. The molecule has 0 radical (unpaired) electrons. The van der Waals surface area contributed by atoms with Crippen molar-refractivity contribution in [3.63, 3.8) is 0 Å². The van der Waals surface area contributed by atoms with E-state index in [4.69, 9.17) is 11.6 Å². The van der Waals surface area contributed by atoms with Crippen LogP contribution in [0.3, 0.4) is 0 Å². The van der Waals surface area contributed by atoms with Gasteiger partial charge in [-0.05, 0) is 42.4 Å². The van der Waals surface area contributed by atoms with Gasteiger partial charge >= 0.3 is 0 Å². The Hall–Kier alpha value is -0.560. The van der Waals surface area contributed by atoms with Crippen molar-refractivity contribution in [2.45, 2.75) is 32.1 Å². The highest BCUT2D eigenvalue weighted by Crippen LogP contribution is 2.52. The average molecular weight is 227 g/mol. The molecule has 15 heavy (non-hydrogen) atoms. The molecule has 1 aliphatic carbocycles. The van der Waals surface area contributed by atoms with E-state index in [2.05, 4.69) is 6.92 Å². The van der Waals surface area contributed by atoms with E-state index in [-0.39, 0.29) is 11.2 Å². The van der Waals surface area contributed by atoms with Crippen molar-refractivity contribution in [2.24, 2.45) is 11.8 Å². The summed E-state index contributed by atoms with van der Waals surface area (Å²) in [6, 6.07) is 5.20. The fourth-order valence-electron chi connectivity index (χ4n) is 2.19. The first-order valence-electron chi connectivity index (χ1n) is 5.53. The van der Waals surface area contributed by atoms with Crippen LogP contribution in [0.25, 0.3) is 0 Å². The Balaban J connectivity index is 2.13. The molecule has 2 rings (SSSR count). The van der Waals surface area contributed by atoms with Crippen LogP contribution in [0.1, 0.15) is 36.3 Å². The van der Waals surface area contributed by atoms with Gasteiger partial charge < -0.3 is 0 Å². The Bertz CT molecular complexity index is 362. The lowest BCUT2D eigenvalue weighted by molar-refractivity contribution is 0.614. The second-order valence-electron chi connectivity index (χ2n) is 4.48. The summed E-state index contributed by atoms with van der Waals surface area (Å²) >= 11 is 6.38. The van der Waals surface area contributed by atoms with Gasteiger partial charge in [-0.25, -0.2) is 4.39 Å². The molecule has 1 aromatic rings. The second kappa shape index (κ2) is 4.13. The number of benzene rings is 1. The molecular formula is C13H16ClF. The highest BCUT2D eigenvalue weighted by molar-refractivity contribution is 6.21. The van der Waals surface area contributed by atoms with Crippen molar-refractivity contribution in [1.82, 2.24) is 0 Å². The third kappa shape index (κ3) is 2.17. The summed E-state index contributed by atoms with van der Waals surface area (Å²) in [5.41, 5.74) is 1.75. The Morgan fingerprint density at radius 2 is 2.27 bits per heavy atom. The van der Waals surface area contributed by atoms with E-state index in [1.54, 1.807) is 6.92 Å². The van der Waals surface area contributed by atoms with Gasteiger partial charge in [-0.1, -0.05) is 25.5 Å². The molecule has 0 amide bonds. The van der Waals surface area contributed by atoms with Gasteiger partial charge in [-0.15, -0.1) is 11.6 Å². The molecule has 0 N–H and O–H groups in total. The molecule has 3 unspecified atom stereocenters. The minimum atomic E-state index is -0.148. The van der Waals surface area contributed by atoms with Crippen LogP contribution in [0.4, 0.5) is 4.39 Å². The summed E-state index contributed by atoms with van der Waals surface area (Å²) in [4.78, 5) is 0. The molecular weight excluding hydrogens is 211 g/mol. The lowest BCUT2D eigenvalue weighted by atomic mass is 10.0. The van der Waals surface area contributed by atoms with Crippen LogP contribution in [0, 0.1) is 24.6 Å². The minimum Gasteiger partial charge on any atom is -0.207 e. The van der Waals surface area contributed by atoms with Crippen LogP contribution in [0.15, 0.2) is 18.2 Å². The third-order valence-corrected chi connectivity index (χ3v) is 3.95. The Morgan fingerprint density at radius 1 is 1.53 bits per heavy atom. The van der Waals surface area contributed by atoms with Gasteiger partial charge in [-0.2, -0.15) is 0 Å². The van der Waals surface area contributed by atoms with Gasteiger partial charge in [0.05, 0.1) is 5.38 Å². The molecule has 0 heterocycles. The third-order valence-electron chi connectivity index (χ3n) is 3.38. The largest absolute Gasteiger partial charge is 0.207 e. The van der Waals surface area contributed by atoms with Crippen LogP contribution in [-0.4, -0.2) is 0 Å². The molecule has 0 bridgehead atoms. The molecule has 1 saturated carbocycles. The highest BCUT2D eigenvalue weighted by atomic mass is 35.5. The van der Waals surface area contributed by atoms with E-state index in [1.807, 2.05) is 12.1 Å². The van der Waals surface area contributed by atoms with Crippen LogP contribution in [0.2, 0.25) is 0 Å². The fourth-order valence-corrected chi connectivity index (χ4v) is 2.63. The number of halogens is 2. The standard InChI is InChI=1S/C13H16ClF/c1-3-9-7-11(9)13(14)10-4-5-12(15)8(2)6-10/h4-6,9,11,13H,3,7H2,1-2H3. The number of hydrogen-bond acceptors (Lipinski definition) is 0. The maximum atomic E-state index is 13.1. The normalized spacial score (nSPS) is 26.4. The summed E-state index contributed by atoms with van der Waals surface area (Å²) in [5, 5.41) is 0.0641. The van der Waals surface area contributed by atoms with Crippen molar-refractivity contribution >= 4 is 11.6 Å². The maximum absolute atomic E-state index is 13.1. The van der Waals surface area contributed by atoms with Crippen molar-refractivity contribution in [3.05, 3.63) is 35.1 Å². The molecule has 1 aromatic carbocycles. The molecule has 2 heteroatoms. The minimum absolute atomic E-state index is 0.0641. The first-order chi connectivity index (χ1) is 7.13. The smallest absolute Gasteiger partial charge is 0.126 e. The van der Waals surface area contributed by atoms with Crippen molar-refractivity contribution in [1.29, 1.82) is 0 Å². The second-order valence-corrected chi connectivity index (χ2v) is 4.95. The summed E-state index contributed by atoms with van der Waals surface area (Å²) in [5.74, 6) is 1.23. The molecule has 3 atom stereocenters. The van der Waals surface area contributed by atoms with Gasteiger partial charge in [0, 0.05) is 0 Å². The van der Waals surface area contributed by atoms with Gasteiger partial charge in [0.1, 0.15) is 5.82 Å². The van der Waals surface area contributed by atoms with E-state index in [1.165, 1.54) is 18.9 Å². The SMILES string of the molecule is CCC1CC1C(Cl)c1ccc(F)c(C)c1. The van der Waals surface area contributed by atoms with Gasteiger partial charge in [-0.3, -0.25) is 0 Å². The summed E-state index contributed by atoms with van der Waals surface area (Å²) in [6.45, 7) is 3.98. The quantitative estimate of drug-likeness (QED) is 0.668. The fraction of sp³-hybridized carbons (Fsp3) is 0.538. The molecule has 0 aliphatic heterocycles. The van der Waals surface area contributed by atoms with Crippen molar-refractivity contribution < 1.29 is 4.39 Å². The predicted molar refractivity (Wildman–Crippen MR) is 61.6 cm³/mol. The van der Waals surface area contributed by atoms with Crippen LogP contribution < -0.4 is 0 Å². The molecule has 0 saturated heterocycles. The molecule has 1 aliphatic rings. The number of aryl methyl sites for hydroxylation is 1. The first-order valence-corrected chi connectivity index (χ1v) is 5.97. The van der Waals surface area contributed by atoms with Crippen LogP contribution in [-0.2, 0) is 0 Å². The number of rotatable bonds is 3. The number of alkyl halides is 1. The van der Waals surface area contributed by atoms with Gasteiger partial charge in [0.15, 0.2) is 0 Å². The molecule has 82 valence electrons. The first kappa shape index (κ1) is 10.9. The Kier molecular flexibility index (Phi) is 3.01. The predicted octanol–water partition coefficient (Wildman–Crippen LogP) is 4.46. The van der Waals surface area contributed by atoms with E-state index < -0.39 is 0 Å². The monoisotopic (exact) mass is 226 g/mol. The molecule has 0 nitrogen and oxygen atoms in total. The van der Waals surface area contributed by atoms with E-state index >= 15 is 0 Å². The lowest BCUT2D eigenvalue weighted by Gasteiger charge is -2.10. The maximum Gasteiger partial charge on any atom is 0.126 e. The molecule has 0 spiro atoms. The molecule has 1 fully saturated rings. The zero-order valence-corrected chi connectivity index (χ0v) is 9.89. The van der Waals surface area contributed by atoms with E-state index in [9.17, 15) is 4.39 Å². The van der Waals surface area contributed by atoms with Crippen LogP contribution >= 0.6 is 11.6 Å². The van der Waals surface area contributed by atoms with Crippen molar-refractivity contribution in [3.8, 4) is 0 Å². The summed E-state index contributed by atoms with van der Waals surface area (Å²) in [7, 11) is 0. The summed E-state index contributed by atoms with van der Waals surface area (Å²) in [6.07, 6.45) is 2.43. The Labute approximate surface area is 95.4 Å². The van der Waals surface area contributed by atoms with E-state index in [0.717, 1.165) is 11.5 Å². The Morgan fingerprint density at radius 3 is 2.80 bits per heavy atom. The van der Waals surface area contributed by atoms with Crippen LogP contribution in [0.5, 0.6) is 0 Å². The highest BCUT2D eigenvalue weighted by Gasteiger charge is 2.41. The van der Waals surface area contributed by atoms with Gasteiger partial charge in [0.2, 0.25) is 0 Å². The summed E-state index contributed by atoms with van der Waals surface area (Å²) < 4.78 is 13.1. The zero-order valence-electron chi connectivity index (χ0n) is 9.13. The van der Waals surface area contributed by atoms with Gasteiger partial charge in [0.25, 0.3) is 0 Å². The zero-order chi connectivity index (χ0) is 11.0. The number of hydrogen-bond donors (Lipinski definition) is 0. The van der Waals surface area contributed by atoms with E-state index in [0.29, 0.717) is 11.5 Å². The van der Waals surface area contributed by atoms with Crippen molar-refractivity contribution in [2.75, 3.05) is 0 Å².